The number of amides is 1. The van der Waals surface area contributed by atoms with E-state index in [2.05, 4.69) is 15.4 Å². The molecule has 0 radical (unpaired) electrons. The molecule has 1 atom stereocenters. The maximum Gasteiger partial charge on any atom is 0.261 e. The van der Waals surface area contributed by atoms with Crippen molar-refractivity contribution >= 4 is 21.6 Å². The molecule has 3 rings (SSSR count). The highest BCUT2D eigenvalue weighted by molar-refractivity contribution is 7.92. The molecule has 138 valence electrons. The van der Waals surface area contributed by atoms with Crippen LogP contribution >= 0.6 is 0 Å². The van der Waals surface area contributed by atoms with Crippen molar-refractivity contribution in [3.05, 3.63) is 59.9 Å². The van der Waals surface area contributed by atoms with E-state index in [4.69, 9.17) is 0 Å². The van der Waals surface area contributed by atoms with Gasteiger partial charge >= 0.3 is 0 Å². The van der Waals surface area contributed by atoms with Crippen LogP contribution in [0.4, 0.5) is 10.1 Å². The van der Waals surface area contributed by atoms with Gasteiger partial charge in [0.2, 0.25) is 0 Å². The van der Waals surface area contributed by atoms with Crippen molar-refractivity contribution in [3.63, 3.8) is 0 Å². The third-order valence-electron chi connectivity index (χ3n) is 4.17. The van der Waals surface area contributed by atoms with Crippen LogP contribution in [0.25, 0.3) is 0 Å². The number of hydrogen-bond acceptors (Lipinski definition) is 4. The molecule has 0 bridgehead atoms. The van der Waals surface area contributed by atoms with Crippen LogP contribution in [-0.2, 0) is 10.0 Å². The van der Waals surface area contributed by atoms with Gasteiger partial charge in [-0.15, -0.1) is 0 Å². The van der Waals surface area contributed by atoms with E-state index in [0.717, 1.165) is 19.4 Å². The Morgan fingerprint density at radius 1 is 1.19 bits per heavy atom. The fraction of sp³-hybridized carbons (Fsp3) is 0.278. The van der Waals surface area contributed by atoms with E-state index in [1.807, 2.05) is 0 Å². The highest BCUT2D eigenvalue weighted by Crippen LogP contribution is 2.17. The van der Waals surface area contributed by atoms with E-state index in [1.54, 1.807) is 6.07 Å². The number of rotatable bonds is 6. The Bertz CT molecular complexity index is 879. The van der Waals surface area contributed by atoms with E-state index in [-0.39, 0.29) is 28.1 Å². The molecule has 0 saturated carbocycles. The quantitative estimate of drug-likeness (QED) is 0.720. The Morgan fingerprint density at radius 3 is 2.65 bits per heavy atom. The summed E-state index contributed by atoms with van der Waals surface area (Å²) in [5, 5.41) is 6.10. The van der Waals surface area contributed by atoms with Crippen LogP contribution in [0.1, 0.15) is 23.2 Å². The van der Waals surface area contributed by atoms with Crippen molar-refractivity contribution < 1.29 is 17.6 Å². The Hall–Kier alpha value is -2.45. The molecule has 8 heteroatoms. The molecule has 26 heavy (non-hydrogen) atoms. The number of anilines is 1. The summed E-state index contributed by atoms with van der Waals surface area (Å²) in [5.74, 6) is -0.777. The smallest absolute Gasteiger partial charge is 0.261 e. The third-order valence-corrected chi connectivity index (χ3v) is 5.55. The van der Waals surface area contributed by atoms with Gasteiger partial charge < -0.3 is 10.6 Å². The molecular formula is C18H20FN3O3S. The van der Waals surface area contributed by atoms with Crippen molar-refractivity contribution in [3.8, 4) is 0 Å². The fourth-order valence-corrected chi connectivity index (χ4v) is 3.89. The highest BCUT2D eigenvalue weighted by atomic mass is 32.2. The number of halogens is 1. The molecule has 2 aromatic rings. The second kappa shape index (κ2) is 7.84. The Morgan fingerprint density at radius 2 is 1.96 bits per heavy atom. The average Bonchev–Trinajstić information content (AvgIpc) is 3.15. The standard InChI is InChI=1S/C18H20FN3O3S/c19-14-6-8-15(9-7-14)22-26(24,25)17-5-1-3-13(11-17)18(23)21-12-16-4-2-10-20-16/h1,3,5-9,11,16,20,22H,2,4,10,12H2,(H,21,23). The summed E-state index contributed by atoms with van der Waals surface area (Å²) < 4.78 is 40.3. The lowest BCUT2D eigenvalue weighted by Gasteiger charge is -2.12. The molecule has 6 nitrogen and oxygen atoms in total. The van der Waals surface area contributed by atoms with Crippen LogP contribution in [0.3, 0.4) is 0 Å². The Balaban J connectivity index is 1.70. The number of benzene rings is 2. The molecule has 2 aromatic carbocycles. The van der Waals surface area contributed by atoms with Gasteiger partial charge in [-0.3, -0.25) is 9.52 Å². The third kappa shape index (κ3) is 4.59. The average molecular weight is 377 g/mol. The van der Waals surface area contributed by atoms with E-state index < -0.39 is 15.8 Å². The summed E-state index contributed by atoms with van der Waals surface area (Å²) >= 11 is 0. The van der Waals surface area contributed by atoms with Crippen molar-refractivity contribution in [1.82, 2.24) is 10.6 Å². The van der Waals surface area contributed by atoms with Gasteiger partial charge in [-0.2, -0.15) is 0 Å². The molecule has 0 spiro atoms. The van der Waals surface area contributed by atoms with E-state index in [9.17, 15) is 17.6 Å². The van der Waals surface area contributed by atoms with E-state index in [0.29, 0.717) is 6.54 Å². The summed E-state index contributed by atoms with van der Waals surface area (Å²) in [4.78, 5) is 12.2. The molecule has 1 heterocycles. The first-order valence-electron chi connectivity index (χ1n) is 8.34. The second-order valence-corrected chi connectivity index (χ2v) is 7.83. The minimum absolute atomic E-state index is 0.0338. The monoisotopic (exact) mass is 377 g/mol. The zero-order valence-electron chi connectivity index (χ0n) is 14.0. The Labute approximate surface area is 151 Å². The fourth-order valence-electron chi connectivity index (χ4n) is 2.79. The zero-order chi connectivity index (χ0) is 18.6. The summed E-state index contributed by atoms with van der Waals surface area (Å²) in [7, 11) is -3.88. The predicted molar refractivity (Wildman–Crippen MR) is 97.0 cm³/mol. The molecule has 0 aliphatic carbocycles. The lowest BCUT2D eigenvalue weighted by atomic mass is 10.2. The van der Waals surface area contributed by atoms with Crippen LogP contribution < -0.4 is 15.4 Å². The van der Waals surface area contributed by atoms with Crippen molar-refractivity contribution in [2.45, 2.75) is 23.8 Å². The van der Waals surface area contributed by atoms with Crippen LogP contribution in [-0.4, -0.2) is 33.5 Å². The van der Waals surface area contributed by atoms with Gasteiger partial charge in [0.1, 0.15) is 5.82 Å². The van der Waals surface area contributed by atoms with Gasteiger partial charge in [-0.25, -0.2) is 12.8 Å². The van der Waals surface area contributed by atoms with Crippen LogP contribution in [0.15, 0.2) is 53.4 Å². The van der Waals surface area contributed by atoms with Gasteiger partial charge in [0.25, 0.3) is 15.9 Å². The van der Waals surface area contributed by atoms with Gasteiger partial charge in [-0.1, -0.05) is 6.07 Å². The summed E-state index contributed by atoms with van der Waals surface area (Å²) in [6, 6.07) is 11.1. The normalized spacial score (nSPS) is 17.0. The number of hydrogen-bond donors (Lipinski definition) is 3. The Kier molecular flexibility index (Phi) is 5.53. The van der Waals surface area contributed by atoms with Crippen molar-refractivity contribution in [1.29, 1.82) is 0 Å². The van der Waals surface area contributed by atoms with Gasteiger partial charge in [0, 0.05) is 23.8 Å². The van der Waals surface area contributed by atoms with Crippen LogP contribution in [0.5, 0.6) is 0 Å². The maximum absolute atomic E-state index is 12.9. The van der Waals surface area contributed by atoms with Gasteiger partial charge in [-0.05, 0) is 61.9 Å². The van der Waals surface area contributed by atoms with Gasteiger partial charge in [0.15, 0.2) is 0 Å². The molecule has 1 amide bonds. The number of carbonyl (C=O) groups excluding carboxylic acids is 1. The first-order chi connectivity index (χ1) is 12.4. The minimum Gasteiger partial charge on any atom is -0.350 e. The highest BCUT2D eigenvalue weighted by Gasteiger charge is 2.18. The molecule has 1 aliphatic rings. The first kappa shape index (κ1) is 18.3. The minimum atomic E-state index is -3.88. The predicted octanol–water partition coefficient (Wildman–Crippen LogP) is 2.11. The lowest BCUT2D eigenvalue weighted by molar-refractivity contribution is 0.0950. The SMILES string of the molecule is O=C(NCC1CCCN1)c1cccc(S(=O)(=O)Nc2ccc(F)cc2)c1. The van der Waals surface area contributed by atoms with Crippen molar-refractivity contribution in [2.75, 3.05) is 17.8 Å². The number of nitrogens with one attached hydrogen (secondary N) is 3. The largest absolute Gasteiger partial charge is 0.350 e. The van der Waals surface area contributed by atoms with E-state index >= 15 is 0 Å². The molecular weight excluding hydrogens is 357 g/mol. The number of sulfonamides is 1. The molecule has 3 N–H and O–H groups in total. The maximum atomic E-state index is 12.9. The summed E-state index contributed by atoms with van der Waals surface area (Å²) in [6.07, 6.45) is 2.10. The van der Waals surface area contributed by atoms with E-state index in [1.165, 1.54) is 42.5 Å². The molecule has 1 fully saturated rings. The van der Waals surface area contributed by atoms with Crippen molar-refractivity contribution in [2.24, 2.45) is 0 Å². The summed E-state index contributed by atoms with van der Waals surface area (Å²) in [5.41, 5.74) is 0.513. The zero-order valence-corrected chi connectivity index (χ0v) is 14.9. The van der Waals surface area contributed by atoms with Crippen LogP contribution in [0.2, 0.25) is 0 Å². The molecule has 0 aromatic heterocycles. The first-order valence-corrected chi connectivity index (χ1v) is 9.82. The van der Waals surface area contributed by atoms with Gasteiger partial charge in [0.05, 0.1) is 4.90 Å². The lowest BCUT2D eigenvalue weighted by Crippen LogP contribution is -2.37. The molecule has 1 unspecified atom stereocenters. The molecule has 1 aliphatic heterocycles. The number of carbonyl (C=O) groups is 1. The topological polar surface area (TPSA) is 87.3 Å². The molecule has 1 saturated heterocycles. The summed E-state index contributed by atoms with van der Waals surface area (Å²) in [6.45, 7) is 1.45. The second-order valence-electron chi connectivity index (χ2n) is 6.14. The van der Waals surface area contributed by atoms with Crippen LogP contribution in [0, 0.1) is 5.82 Å².